The number of hydrogen-bond acceptors (Lipinski definition) is 2. The van der Waals surface area contributed by atoms with Crippen molar-refractivity contribution in [1.29, 1.82) is 0 Å². The first-order chi connectivity index (χ1) is 9.22. The molecular weight excluding hydrogens is 254 g/mol. The van der Waals surface area contributed by atoms with Crippen LogP contribution < -0.4 is 10.6 Å². The fourth-order valence-electron chi connectivity index (χ4n) is 2.68. The Bertz CT molecular complexity index is 392. The number of hydrogen-bond donors (Lipinski definition) is 2. The topological polar surface area (TPSA) is 36.4 Å². The van der Waals surface area contributed by atoms with E-state index in [9.17, 15) is 0 Å². The fourth-order valence-corrected chi connectivity index (χ4v) is 3.39. The minimum Gasteiger partial charge on any atom is -0.356 e. The number of thiophene rings is 1. The first kappa shape index (κ1) is 14.4. The van der Waals surface area contributed by atoms with Crippen molar-refractivity contribution in [2.75, 3.05) is 20.1 Å². The van der Waals surface area contributed by atoms with Crippen molar-refractivity contribution in [3.05, 3.63) is 22.4 Å². The highest BCUT2D eigenvalue weighted by molar-refractivity contribution is 7.09. The van der Waals surface area contributed by atoms with Crippen molar-refractivity contribution < 1.29 is 0 Å². The van der Waals surface area contributed by atoms with Gasteiger partial charge in [0.15, 0.2) is 5.96 Å². The van der Waals surface area contributed by atoms with Gasteiger partial charge in [-0.3, -0.25) is 4.99 Å². The molecule has 4 heteroatoms. The molecule has 0 aliphatic heterocycles. The lowest BCUT2D eigenvalue weighted by molar-refractivity contribution is 0.334. The second kappa shape index (κ2) is 6.94. The van der Waals surface area contributed by atoms with Crippen LogP contribution in [0.2, 0.25) is 0 Å². The molecule has 0 radical (unpaired) electrons. The van der Waals surface area contributed by atoms with Gasteiger partial charge in [0.2, 0.25) is 0 Å². The van der Waals surface area contributed by atoms with E-state index in [4.69, 9.17) is 0 Å². The highest BCUT2D eigenvalue weighted by Gasteiger charge is 2.28. The monoisotopic (exact) mass is 279 g/mol. The molecule has 106 valence electrons. The Kier molecular flexibility index (Phi) is 5.25. The Labute approximate surface area is 120 Å². The third-order valence-electron chi connectivity index (χ3n) is 3.96. The zero-order valence-electron chi connectivity index (χ0n) is 12.0. The van der Waals surface area contributed by atoms with Gasteiger partial charge in [0.05, 0.1) is 0 Å². The highest BCUT2D eigenvalue weighted by atomic mass is 32.1. The van der Waals surface area contributed by atoms with Crippen LogP contribution in [0.25, 0.3) is 0 Å². The van der Waals surface area contributed by atoms with E-state index in [1.807, 2.05) is 18.4 Å². The molecule has 0 amide bonds. The summed E-state index contributed by atoms with van der Waals surface area (Å²) in [5.74, 6) is 0.935. The van der Waals surface area contributed by atoms with Crippen molar-refractivity contribution in [2.45, 2.75) is 39.0 Å². The van der Waals surface area contributed by atoms with Gasteiger partial charge in [-0.1, -0.05) is 25.8 Å². The summed E-state index contributed by atoms with van der Waals surface area (Å²) in [5.41, 5.74) is 0.464. The summed E-state index contributed by atoms with van der Waals surface area (Å²) in [6.45, 7) is 4.36. The van der Waals surface area contributed by atoms with E-state index >= 15 is 0 Å². The molecule has 2 N–H and O–H groups in total. The predicted molar refractivity (Wildman–Crippen MR) is 84.0 cm³/mol. The standard InChI is InChI=1S/C15H25N3S/c1-15(8-3-4-9-15)12-18-14(16-2)17-10-7-13-6-5-11-19-13/h5-6,11H,3-4,7-10,12H2,1-2H3,(H2,16,17,18). The lowest BCUT2D eigenvalue weighted by Crippen LogP contribution is -2.42. The van der Waals surface area contributed by atoms with Crippen LogP contribution in [0.5, 0.6) is 0 Å². The van der Waals surface area contributed by atoms with Gasteiger partial charge in [-0.15, -0.1) is 11.3 Å². The second-order valence-corrected chi connectivity index (χ2v) is 6.73. The number of nitrogens with zero attached hydrogens (tertiary/aromatic N) is 1. The van der Waals surface area contributed by atoms with Gasteiger partial charge in [0.1, 0.15) is 0 Å². The molecule has 1 heterocycles. The zero-order valence-corrected chi connectivity index (χ0v) is 12.9. The Morgan fingerprint density at radius 3 is 2.79 bits per heavy atom. The maximum Gasteiger partial charge on any atom is 0.191 e. The van der Waals surface area contributed by atoms with E-state index in [1.54, 1.807) is 0 Å². The third-order valence-corrected chi connectivity index (χ3v) is 4.90. The lowest BCUT2D eigenvalue weighted by atomic mass is 9.89. The van der Waals surface area contributed by atoms with Crippen molar-refractivity contribution >= 4 is 17.3 Å². The van der Waals surface area contributed by atoms with Crippen molar-refractivity contribution in [3.8, 4) is 0 Å². The minimum atomic E-state index is 0.464. The van der Waals surface area contributed by atoms with E-state index < -0.39 is 0 Å². The van der Waals surface area contributed by atoms with Gasteiger partial charge < -0.3 is 10.6 Å². The van der Waals surface area contributed by atoms with Crippen molar-refractivity contribution in [3.63, 3.8) is 0 Å². The summed E-state index contributed by atoms with van der Waals surface area (Å²) in [4.78, 5) is 5.72. The maximum atomic E-state index is 4.30. The minimum absolute atomic E-state index is 0.464. The summed E-state index contributed by atoms with van der Waals surface area (Å²) in [7, 11) is 1.84. The second-order valence-electron chi connectivity index (χ2n) is 5.70. The largest absolute Gasteiger partial charge is 0.356 e. The predicted octanol–water partition coefficient (Wildman–Crippen LogP) is 3.04. The summed E-state index contributed by atoms with van der Waals surface area (Å²) in [5, 5.41) is 9.00. The van der Waals surface area contributed by atoms with Gasteiger partial charge in [0, 0.05) is 25.0 Å². The summed E-state index contributed by atoms with van der Waals surface area (Å²) >= 11 is 1.82. The van der Waals surface area contributed by atoms with Crippen LogP contribution in [-0.4, -0.2) is 26.1 Å². The first-order valence-corrected chi connectivity index (χ1v) is 8.07. The summed E-state index contributed by atoms with van der Waals surface area (Å²) < 4.78 is 0. The molecule has 3 nitrogen and oxygen atoms in total. The van der Waals surface area contributed by atoms with E-state index in [-0.39, 0.29) is 0 Å². The Balaban J connectivity index is 1.68. The summed E-state index contributed by atoms with van der Waals surface area (Å²) in [6.07, 6.45) is 6.50. The van der Waals surface area contributed by atoms with Crippen LogP contribution in [0, 0.1) is 5.41 Å². The number of rotatable bonds is 5. The number of nitrogens with one attached hydrogen (secondary N) is 2. The van der Waals surface area contributed by atoms with E-state index in [1.165, 1.54) is 30.6 Å². The van der Waals surface area contributed by atoms with Crippen LogP contribution in [0.1, 0.15) is 37.5 Å². The highest BCUT2D eigenvalue weighted by Crippen LogP contribution is 2.36. The Morgan fingerprint density at radius 1 is 1.37 bits per heavy atom. The maximum absolute atomic E-state index is 4.30. The van der Waals surface area contributed by atoms with E-state index in [0.29, 0.717) is 5.41 Å². The summed E-state index contributed by atoms with van der Waals surface area (Å²) in [6, 6.07) is 4.29. The van der Waals surface area contributed by atoms with Gasteiger partial charge in [-0.2, -0.15) is 0 Å². The SMILES string of the molecule is CN=C(NCCc1cccs1)NCC1(C)CCCC1. The van der Waals surface area contributed by atoms with E-state index in [0.717, 1.165) is 25.5 Å². The Hall–Kier alpha value is -1.03. The van der Waals surface area contributed by atoms with Gasteiger partial charge in [-0.25, -0.2) is 0 Å². The van der Waals surface area contributed by atoms with Gasteiger partial charge in [0.25, 0.3) is 0 Å². The average Bonchev–Trinajstić information content (AvgIpc) is 3.06. The van der Waals surface area contributed by atoms with Gasteiger partial charge in [-0.05, 0) is 36.1 Å². The molecule has 19 heavy (non-hydrogen) atoms. The third kappa shape index (κ3) is 4.53. The molecule has 1 aliphatic carbocycles. The van der Waals surface area contributed by atoms with Crippen LogP contribution in [0.4, 0.5) is 0 Å². The molecule has 0 aromatic carbocycles. The first-order valence-electron chi connectivity index (χ1n) is 7.19. The molecule has 2 rings (SSSR count). The molecule has 0 spiro atoms. The number of guanidine groups is 1. The molecule has 0 bridgehead atoms. The Morgan fingerprint density at radius 2 is 2.16 bits per heavy atom. The fraction of sp³-hybridized carbons (Fsp3) is 0.667. The number of aliphatic imine (C=N–C) groups is 1. The normalized spacial score (nSPS) is 18.5. The lowest BCUT2D eigenvalue weighted by Gasteiger charge is -2.25. The van der Waals surface area contributed by atoms with Crippen molar-refractivity contribution in [2.24, 2.45) is 10.4 Å². The molecule has 0 atom stereocenters. The van der Waals surface area contributed by atoms with Crippen LogP contribution in [0.15, 0.2) is 22.5 Å². The van der Waals surface area contributed by atoms with E-state index in [2.05, 4.69) is 40.1 Å². The smallest absolute Gasteiger partial charge is 0.191 e. The molecule has 1 aliphatic rings. The molecule has 0 unspecified atom stereocenters. The zero-order chi connectivity index (χ0) is 13.6. The van der Waals surface area contributed by atoms with Crippen LogP contribution in [-0.2, 0) is 6.42 Å². The quantitative estimate of drug-likeness (QED) is 0.642. The molecule has 1 fully saturated rings. The molecule has 1 aromatic heterocycles. The molecule has 1 aromatic rings. The molecular formula is C15H25N3S. The van der Waals surface area contributed by atoms with Crippen molar-refractivity contribution in [1.82, 2.24) is 10.6 Å². The molecule has 0 saturated heterocycles. The van der Waals surface area contributed by atoms with Crippen LogP contribution >= 0.6 is 11.3 Å². The van der Waals surface area contributed by atoms with Crippen LogP contribution in [0.3, 0.4) is 0 Å². The van der Waals surface area contributed by atoms with Gasteiger partial charge >= 0.3 is 0 Å². The molecule has 1 saturated carbocycles. The average molecular weight is 279 g/mol.